The van der Waals surface area contributed by atoms with Crippen molar-refractivity contribution in [3.63, 3.8) is 0 Å². The average molecular weight is 322 g/mol. The van der Waals surface area contributed by atoms with Crippen molar-refractivity contribution in [2.24, 2.45) is 5.92 Å². The van der Waals surface area contributed by atoms with Crippen LogP contribution in [0.1, 0.15) is 31.7 Å². The van der Waals surface area contributed by atoms with E-state index in [2.05, 4.69) is 28.2 Å². The van der Waals surface area contributed by atoms with Crippen molar-refractivity contribution < 1.29 is 13.2 Å². The highest BCUT2D eigenvalue weighted by Gasteiger charge is 2.39. The lowest BCUT2D eigenvalue weighted by Gasteiger charge is -2.15. The van der Waals surface area contributed by atoms with Crippen molar-refractivity contribution in [2.75, 3.05) is 5.32 Å². The summed E-state index contributed by atoms with van der Waals surface area (Å²) in [5, 5.41) is 3.02. The summed E-state index contributed by atoms with van der Waals surface area (Å²) in [5.41, 5.74) is -0.409. The summed E-state index contributed by atoms with van der Waals surface area (Å²) in [6.07, 6.45) is -1.18. The Hall–Kier alpha value is -0.710. The van der Waals surface area contributed by atoms with Gasteiger partial charge in [0.25, 0.3) is 0 Å². The monoisotopic (exact) mass is 321 g/mol. The summed E-state index contributed by atoms with van der Waals surface area (Å²) < 4.78 is 39.2. The Morgan fingerprint density at radius 1 is 1.39 bits per heavy atom. The highest BCUT2D eigenvalue weighted by Crippen LogP contribution is 2.41. The van der Waals surface area contributed by atoms with E-state index in [-0.39, 0.29) is 11.7 Å². The SMILES string of the molecule is CCCC1CC1Nc1cc(Br)ccc1C(F)(F)F. The number of rotatable bonds is 4. The molecule has 1 aliphatic rings. The molecule has 18 heavy (non-hydrogen) atoms. The quantitative estimate of drug-likeness (QED) is 0.816. The second-order valence-corrected chi connectivity index (χ2v) is 5.64. The second-order valence-electron chi connectivity index (χ2n) is 4.72. The zero-order chi connectivity index (χ0) is 13.3. The Balaban J connectivity index is 2.14. The van der Waals surface area contributed by atoms with Gasteiger partial charge in [-0.15, -0.1) is 0 Å². The van der Waals surface area contributed by atoms with Crippen LogP contribution in [-0.4, -0.2) is 6.04 Å². The molecule has 0 aromatic heterocycles. The Bertz CT molecular complexity index is 431. The van der Waals surface area contributed by atoms with Crippen molar-refractivity contribution in [2.45, 2.75) is 38.4 Å². The first-order valence-electron chi connectivity index (χ1n) is 6.05. The van der Waals surface area contributed by atoms with Crippen molar-refractivity contribution in [3.05, 3.63) is 28.2 Å². The van der Waals surface area contributed by atoms with Gasteiger partial charge in [-0.3, -0.25) is 0 Å². The van der Waals surface area contributed by atoms with Crippen LogP contribution < -0.4 is 5.32 Å². The molecule has 0 saturated heterocycles. The van der Waals surface area contributed by atoms with Gasteiger partial charge in [0.15, 0.2) is 0 Å². The number of halogens is 4. The molecule has 1 saturated carbocycles. The number of benzene rings is 1. The fraction of sp³-hybridized carbons (Fsp3) is 0.538. The molecule has 2 atom stereocenters. The third-order valence-electron chi connectivity index (χ3n) is 3.21. The number of nitrogens with one attached hydrogen (secondary N) is 1. The van der Waals surface area contributed by atoms with E-state index in [0.717, 1.165) is 25.3 Å². The van der Waals surface area contributed by atoms with Crippen molar-refractivity contribution in [1.82, 2.24) is 0 Å². The molecule has 0 spiro atoms. The van der Waals surface area contributed by atoms with Crippen molar-refractivity contribution in [3.8, 4) is 0 Å². The number of hydrogen-bond donors (Lipinski definition) is 1. The van der Waals surface area contributed by atoms with E-state index in [4.69, 9.17) is 0 Å². The fourth-order valence-electron chi connectivity index (χ4n) is 2.20. The van der Waals surface area contributed by atoms with Gasteiger partial charge < -0.3 is 5.32 Å². The van der Waals surface area contributed by atoms with Crippen LogP contribution in [0.3, 0.4) is 0 Å². The van der Waals surface area contributed by atoms with Crippen LogP contribution in [-0.2, 0) is 6.18 Å². The molecule has 100 valence electrons. The summed E-state index contributed by atoms with van der Waals surface area (Å²) in [5.74, 6) is 0.523. The van der Waals surface area contributed by atoms with E-state index < -0.39 is 11.7 Å². The summed E-state index contributed by atoms with van der Waals surface area (Å²) in [7, 11) is 0. The molecule has 0 amide bonds. The van der Waals surface area contributed by atoms with E-state index in [9.17, 15) is 13.2 Å². The topological polar surface area (TPSA) is 12.0 Å². The predicted molar refractivity (Wildman–Crippen MR) is 69.6 cm³/mol. The summed E-state index contributed by atoms with van der Waals surface area (Å²) in [6.45, 7) is 2.09. The third kappa shape index (κ3) is 3.19. The highest BCUT2D eigenvalue weighted by atomic mass is 79.9. The molecular weight excluding hydrogens is 307 g/mol. The van der Waals surface area contributed by atoms with Crippen LogP contribution in [0.25, 0.3) is 0 Å². The molecule has 2 rings (SSSR count). The van der Waals surface area contributed by atoms with E-state index in [1.54, 1.807) is 0 Å². The molecule has 5 heteroatoms. The van der Waals surface area contributed by atoms with Gasteiger partial charge in [0.1, 0.15) is 0 Å². The van der Waals surface area contributed by atoms with Crippen LogP contribution >= 0.6 is 15.9 Å². The Kier molecular flexibility index (Phi) is 3.90. The molecular formula is C13H15BrF3N. The van der Waals surface area contributed by atoms with Crippen molar-refractivity contribution >= 4 is 21.6 Å². The van der Waals surface area contributed by atoms with Gasteiger partial charge in [-0.25, -0.2) is 0 Å². The van der Waals surface area contributed by atoms with Gasteiger partial charge in [0, 0.05) is 16.2 Å². The molecule has 1 N–H and O–H groups in total. The zero-order valence-corrected chi connectivity index (χ0v) is 11.6. The van der Waals surface area contributed by atoms with E-state index in [1.165, 1.54) is 12.1 Å². The number of hydrogen-bond acceptors (Lipinski definition) is 1. The standard InChI is InChI=1S/C13H15BrF3N/c1-2-3-8-6-11(8)18-12-7-9(14)4-5-10(12)13(15,16)17/h4-5,7-8,11,18H,2-3,6H2,1H3. The summed E-state index contributed by atoms with van der Waals surface area (Å²) in [6, 6.07) is 4.23. The lowest BCUT2D eigenvalue weighted by molar-refractivity contribution is -0.137. The first-order chi connectivity index (χ1) is 8.41. The van der Waals surface area contributed by atoms with E-state index >= 15 is 0 Å². The van der Waals surface area contributed by atoms with Gasteiger partial charge in [0.05, 0.1) is 5.56 Å². The number of alkyl halides is 3. The molecule has 0 heterocycles. The van der Waals surface area contributed by atoms with E-state index in [0.29, 0.717) is 10.4 Å². The van der Waals surface area contributed by atoms with Gasteiger partial charge in [-0.2, -0.15) is 13.2 Å². The van der Waals surface area contributed by atoms with Crippen LogP contribution in [0, 0.1) is 5.92 Å². The van der Waals surface area contributed by atoms with Crippen LogP contribution in [0.5, 0.6) is 0 Å². The minimum atomic E-state index is -4.31. The van der Waals surface area contributed by atoms with Crippen LogP contribution in [0.15, 0.2) is 22.7 Å². The normalized spacial score (nSPS) is 22.9. The van der Waals surface area contributed by atoms with Crippen molar-refractivity contribution in [1.29, 1.82) is 0 Å². The van der Waals surface area contributed by atoms with Gasteiger partial charge in [-0.05, 0) is 37.0 Å². The molecule has 1 aromatic rings. The smallest absolute Gasteiger partial charge is 0.381 e. The first kappa shape index (κ1) is 13.7. The Morgan fingerprint density at radius 3 is 2.72 bits per heavy atom. The highest BCUT2D eigenvalue weighted by molar-refractivity contribution is 9.10. The molecule has 0 radical (unpaired) electrons. The molecule has 2 unspecified atom stereocenters. The summed E-state index contributed by atoms with van der Waals surface area (Å²) >= 11 is 3.21. The zero-order valence-electron chi connectivity index (χ0n) is 10.0. The third-order valence-corrected chi connectivity index (χ3v) is 3.70. The molecule has 0 aliphatic heterocycles. The van der Waals surface area contributed by atoms with Gasteiger partial charge >= 0.3 is 6.18 Å². The maximum atomic E-state index is 12.8. The van der Waals surface area contributed by atoms with E-state index in [1.807, 2.05) is 0 Å². The second kappa shape index (κ2) is 5.11. The lowest BCUT2D eigenvalue weighted by Crippen LogP contribution is -2.13. The molecule has 1 aliphatic carbocycles. The minimum Gasteiger partial charge on any atom is -0.381 e. The maximum absolute atomic E-state index is 12.8. The van der Waals surface area contributed by atoms with Crippen LogP contribution in [0.2, 0.25) is 0 Å². The predicted octanol–water partition coefficient (Wildman–Crippen LogP) is 5.07. The lowest BCUT2D eigenvalue weighted by atomic mass is 10.1. The Labute approximate surface area is 113 Å². The molecule has 0 bridgehead atoms. The molecule has 1 aromatic carbocycles. The minimum absolute atomic E-state index is 0.181. The Morgan fingerprint density at radius 2 is 2.11 bits per heavy atom. The average Bonchev–Trinajstić information content (AvgIpc) is 2.95. The molecule has 1 nitrogen and oxygen atoms in total. The largest absolute Gasteiger partial charge is 0.418 e. The maximum Gasteiger partial charge on any atom is 0.418 e. The van der Waals surface area contributed by atoms with Crippen LogP contribution in [0.4, 0.5) is 18.9 Å². The van der Waals surface area contributed by atoms with Gasteiger partial charge in [-0.1, -0.05) is 29.3 Å². The first-order valence-corrected chi connectivity index (χ1v) is 6.84. The fourth-order valence-corrected chi connectivity index (χ4v) is 2.56. The van der Waals surface area contributed by atoms with Gasteiger partial charge in [0.2, 0.25) is 0 Å². The molecule has 1 fully saturated rings. The summed E-state index contributed by atoms with van der Waals surface area (Å²) in [4.78, 5) is 0. The number of anilines is 1.